The zero-order chi connectivity index (χ0) is 9.42. The number of thiophene rings is 1. The number of hydrogen-bond acceptors (Lipinski definition) is 3. The van der Waals surface area contributed by atoms with Crippen molar-refractivity contribution in [2.24, 2.45) is 0 Å². The Kier molecular flexibility index (Phi) is 1.94. The van der Waals surface area contributed by atoms with Crippen LogP contribution in [0.2, 0.25) is 5.15 Å². The third-order valence-corrected chi connectivity index (χ3v) is 3.00. The van der Waals surface area contributed by atoms with E-state index in [2.05, 4.69) is 4.98 Å². The lowest BCUT2D eigenvalue weighted by Crippen LogP contribution is -1.89. The van der Waals surface area contributed by atoms with Gasteiger partial charge in [0.2, 0.25) is 0 Å². The quantitative estimate of drug-likeness (QED) is 0.741. The van der Waals surface area contributed by atoms with Gasteiger partial charge in [-0.1, -0.05) is 11.6 Å². The summed E-state index contributed by atoms with van der Waals surface area (Å²) in [5, 5.41) is 9.77. The molecule has 3 nitrogen and oxygen atoms in total. The van der Waals surface area contributed by atoms with Gasteiger partial charge < -0.3 is 5.11 Å². The van der Waals surface area contributed by atoms with Crippen molar-refractivity contribution in [1.29, 1.82) is 0 Å². The number of nitrogens with zero attached hydrogens (tertiary/aromatic N) is 1. The van der Waals surface area contributed by atoms with Crippen LogP contribution >= 0.6 is 22.9 Å². The Morgan fingerprint density at radius 3 is 3.00 bits per heavy atom. The van der Waals surface area contributed by atoms with E-state index in [-0.39, 0.29) is 4.88 Å². The van der Waals surface area contributed by atoms with Crippen molar-refractivity contribution in [2.45, 2.75) is 0 Å². The van der Waals surface area contributed by atoms with Crippen LogP contribution in [0.3, 0.4) is 0 Å². The van der Waals surface area contributed by atoms with E-state index in [1.54, 1.807) is 12.3 Å². The largest absolute Gasteiger partial charge is 0.477 e. The molecule has 0 aliphatic heterocycles. The van der Waals surface area contributed by atoms with Crippen LogP contribution in [0, 0.1) is 0 Å². The number of halogens is 1. The second-order valence-corrected chi connectivity index (χ2v) is 3.87. The summed E-state index contributed by atoms with van der Waals surface area (Å²) in [6, 6.07) is 3.29. The molecule has 2 heterocycles. The van der Waals surface area contributed by atoms with Crippen LogP contribution in [-0.4, -0.2) is 16.1 Å². The van der Waals surface area contributed by atoms with Crippen molar-refractivity contribution in [3.8, 4) is 0 Å². The fourth-order valence-corrected chi connectivity index (χ4v) is 2.20. The summed E-state index contributed by atoms with van der Waals surface area (Å²) in [5.41, 5.74) is 0. The average Bonchev–Trinajstić information content (AvgIpc) is 2.49. The zero-order valence-electron chi connectivity index (χ0n) is 6.32. The standard InChI is InChI=1S/C8H4ClNO2S/c9-7-4-3-6(8(11)12)13-5(4)1-2-10-7/h1-3H,(H,11,12). The molecule has 0 unspecified atom stereocenters. The third kappa shape index (κ3) is 1.38. The van der Waals surface area contributed by atoms with Gasteiger partial charge in [-0.05, 0) is 12.1 Å². The van der Waals surface area contributed by atoms with Crippen LogP contribution in [-0.2, 0) is 0 Å². The molecular formula is C8H4ClNO2S. The number of rotatable bonds is 1. The van der Waals surface area contributed by atoms with Crippen LogP contribution in [0.15, 0.2) is 18.3 Å². The predicted molar refractivity (Wildman–Crippen MR) is 51.6 cm³/mol. The normalized spacial score (nSPS) is 10.5. The summed E-state index contributed by atoms with van der Waals surface area (Å²) in [4.78, 5) is 14.8. The van der Waals surface area contributed by atoms with Crippen molar-refractivity contribution in [1.82, 2.24) is 4.98 Å². The van der Waals surface area contributed by atoms with E-state index in [1.165, 1.54) is 17.4 Å². The number of aromatic nitrogens is 1. The maximum atomic E-state index is 10.6. The first-order valence-electron chi connectivity index (χ1n) is 3.46. The molecule has 0 saturated heterocycles. The lowest BCUT2D eigenvalue weighted by Gasteiger charge is -1.88. The highest BCUT2D eigenvalue weighted by Gasteiger charge is 2.10. The Morgan fingerprint density at radius 1 is 1.62 bits per heavy atom. The Labute approximate surface area is 82.6 Å². The number of aromatic carboxylic acids is 1. The van der Waals surface area contributed by atoms with Gasteiger partial charge in [-0.2, -0.15) is 0 Å². The Hall–Kier alpha value is -1.13. The molecule has 66 valence electrons. The molecular weight excluding hydrogens is 210 g/mol. The highest BCUT2D eigenvalue weighted by Crippen LogP contribution is 2.29. The molecule has 0 amide bonds. The van der Waals surface area contributed by atoms with Crippen molar-refractivity contribution >= 4 is 39.0 Å². The number of carbonyl (C=O) groups is 1. The molecule has 0 aliphatic rings. The number of hydrogen-bond donors (Lipinski definition) is 1. The van der Waals surface area contributed by atoms with Gasteiger partial charge in [0.25, 0.3) is 0 Å². The summed E-state index contributed by atoms with van der Waals surface area (Å²) in [6.07, 6.45) is 1.56. The van der Waals surface area contributed by atoms with Crippen LogP contribution < -0.4 is 0 Å². The maximum absolute atomic E-state index is 10.6. The molecule has 0 aromatic carbocycles. The van der Waals surface area contributed by atoms with Gasteiger partial charge in [-0.15, -0.1) is 11.3 Å². The van der Waals surface area contributed by atoms with Gasteiger partial charge >= 0.3 is 5.97 Å². The number of carboxylic acid groups (broad SMARTS) is 1. The fourth-order valence-electron chi connectivity index (χ4n) is 1.04. The molecule has 1 N–H and O–H groups in total. The number of carboxylic acids is 1. The first kappa shape index (κ1) is 8.47. The van der Waals surface area contributed by atoms with Crippen LogP contribution in [0.4, 0.5) is 0 Å². The summed E-state index contributed by atoms with van der Waals surface area (Å²) in [7, 11) is 0. The van der Waals surface area contributed by atoms with Gasteiger partial charge in [0.05, 0.1) is 0 Å². The third-order valence-electron chi connectivity index (χ3n) is 1.61. The van der Waals surface area contributed by atoms with Crippen molar-refractivity contribution in [3.63, 3.8) is 0 Å². The summed E-state index contributed by atoms with van der Waals surface area (Å²) < 4.78 is 0.845. The van der Waals surface area contributed by atoms with Gasteiger partial charge in [0, 0.05) is 16.3 Å². The van der Waals surface area contributed by atoms with Crippen LogP contribution in [0.25, 0.3) is 10.1 Å². The van der Waals surface area contributed by atoms with E-state index < -0.39 is 5.97 Å². The summed E-state index contributed by atoms with van der Waals surface area (Å²) in [5.74, 6) is -0.933. The minimum absolute atomic E-state index is 0.282. The number of fused-ring (bicyclic) bond motifs is 1. The van der Waals surface area contributed by atoms with E-state index >= 15 is 0 Å². The topological polar surface area (TPSA) is 50.2 Å². The second-order valence-electron chi connectivity index (χ2n) is 2.43. The van der Waals surface area contributed by atoms with E-state index in [0.717, 1.165) is 4.70 Å². The van der Waals surface area contributed by atoms with E-state index in [9.17, 15) is 4.79 Å². The monoisotopic (exact) mass is 213 g/mol. The zero-order valence-corrected chi connectivity index (χ0v) is 7.89. The van der Waals surface area contributed by atoms with Crippen molar-refractivity contribution < 1.29 is 9.90 Å². The lowest BCUT2D eigenvalue weighted by molar-refractivity contribution is 0.0702. The molecule has 0 bridgehead atoms. The Balaban J connectivity index is 2.75. The van der Waals surface area contributed by atoms with Crippen LogP contribution in [0.5, 0.6) is 0 Å². The van der Waals surface area contributed by atoms with Crippen molar-refractivity contribution in [3.05, 3.63) is 28.4 Å². The molecule has 5 heteroatoms. The average molecular weight is 214 g/mol. The highest BCUT2D eigenvalue weighted by molar-refractivity contribution is 7.20. The van der Waals surface area contributed by atoms with Crippen molar-refractivity contribution in [2.75, 3.05) is 0 Å². The minimum atomic E-state index is -0.933. The molecule has 2 aromatic heterocycles. The summed E-state index contributed by atoms with van der Waals surface area (Å²) in [6.45, 7) is 0. The molecule has 0 aliphatic carbocycles. The molecule has 2 aromatic rings. The van der Waals surface area contributed by atoms with Gasteiger partial charge in [-0.25, -0.2) is 9.78 Å². The fraction of sp³-hybridized carbons (Fsp3) is 0. The highest BCUT2D eigenvalue weighted by atomic mass is 35.5. The molecule has 2 rings (SSSR count). The second kappa shape index (κ2) is 2.97. The number of pyridine rings is 1. The SMILES string of the molecule is O=C(O)c1cc2c(Cl)nccc2s1. The molecule has 0 saturated carbocycles. The minimum Gasteiger partial charge on any atom is -0.477 e. The van der Waals surface area contributed by atoms with Gasteiger partial charge in [-0.3, -0.25) is 0 Å². The molecule has 0 radical (unpaired) electrons. The molecule has 13 heavy (non-hydrogen) atoms. The smallest absolute Gasteiger partial charge is 0.345 e. The first-order valence-corrected chi connectivity index (χ1v) is 4.65. The molecule has 0 fully saturated rings. The van der Waals surface area contributed by atoms with Gasteiger partial charge in [0.1, 0.15) is 10.0 Å². The molecule has 0 spiro atoms. The van der Waals surface area contributed by atoms with E-state index in [1.807, 2.05) is 0 Å². The van der Waals surface area contributed by atoms with Gasteiger partial charge in [0.15, 0.2) is 0 Å². The first-order chi connectivity index (χ1) is 6.18. The maximum Gasteiger partial charge on any atom is 0.345 e. The Morgan fingerprint density at radius 2 is 2.38 bits per heavy atom. The summed E-state index contributed by atoms with van der Waals surface area (Å²) >= 11 is 6.97. The predicted octanol–water partition coefficient (Wildman–Crippen LogP) is 2.65. The Bertz CT molecular complexity index is 480. The van der Waals surface area contributed by atoms with E-state index in [0.29, 0.717) is 10.5 Å². The van der Waals surface area contributed by atoms with Crippen LogP contribution in [0.1, 0.15) is 9.67 Å². The van der Waals surface area contributed by atoms with E-state index in [4.69, 9.17) is 16.7 Å². The lowest BCUT2D eigenvalue weighted by atomic mass is 10.3. The molecule has 0 atom stereocenters.